The number of amides is 2. The van der Waals surface area contributed by atoms with E-state index in [1.54, 1.807) is 0 Å². The second kappa shape index (κ2) is 7.57. The van der Waals surface area contributed by atoms with E-state index in [2.05, 4.69) is 17.0 Å². The zero-order valence-electron chi connectivity index (χ0n) is 14.4. The van der Waals surface area contributed by atoms with E-state index in [-0.39, 0.29) is 0 Å². The van der Waals surface area contributed by atoms with Crippen molar-refractivity contribution in [1.29, 1.82) is 0 Å². The van der Waals surface area contributed by atoms with Crippen molar-refractivity contribution in [3.63, 3.8) is 0 Å². The minimum Gasteiger partial charge on any atom is -0.452 e. The molecular weight excluding hydrogens is 324 g/mol. The van der Waals surface area contributed by atoms with Gasteiger partial charge in [0.15, 0.2) is 0 Å². The van der Waals surface area contributed by atoms with Gasteiger partial charge in [-0.25, -0.2) is 9.69 Å². The molecule has 0 saturated carbocycles. The number of carbonyl (C=O) groups excluding carboxylic acids is 2. The number of anilines is 1. The van der Waals surface area contributed by atoms with Crippen LogP contribution in [0.1, 0.15) is 31.4 Å². The number of rotatable bonds is 3. The standard InChI is InChI=1S/C18H22N2O3S/c1-5-13-11(2)7-6-8-14(13)19-16(24)15-12(3)9-10-20(17(15)21)18(22)23-4/h6-8H,5,9-10H2,1-4H3,(H,19,24). The first-order chi connectivity index (χ1) is 11.4. The molecule has 0 aromatic heterocycles. The zero-order chi connectivity index (χ0) is 17.9. The number of hydrogen-bond acceptors (Lipinski definition) is 4. The van der Waals surface area contributed by atoms with Crippen LogP contribution in [0.25, 0.3) is 0 Å². The molecule has 0 unspecified atom stereocenters. The Kier molecular flexibility index (Phi) is 5.72. The Hall–Kier alpha value is -2.21. The van der Waals surface area contributed by atoms with E-state index < -0.39 is 12.0 Å². The smallest absolute Gasteiger partial charge is 0.416 e. The van der Waals surface area contributed by atoms with Gasteiger partial charge in [0.25, 0.3) is 5.91 Å². The van der Waals surface area contributed by atoms with E-state index >= 15 is 0 Å². The summed E-state index contributed by atoms with van der Waals surface area (Å²) < 4.78 is 4.67. The largest absolute Gasteiger partial charge is 0.452 e. The molecule has 6 heteroatoms. The SMILES string of the molecule is CCc1c(C)cccc1NC(=S)C1=C(C)CCN(C(=O)OC)C1=O. The Bertz CT molecular complexity index is 725. The van der Waals surface area contributed by atoms with Crippen molar-refractivity contribution in [2.45, 2.75) is 33.6 Å². The highest BCUT2D eigenvalue weighted by molar-refractivity contribution is 7.81. The fourth-order valence-electron chi connectivity index (χ4n) is 2.87. The summed E-state index contributed by atoms with van der Waals surface area (Å²) in [7, 11) is 1.26. The van der Waals surface area contributed by atoms with Crippen LogP contribution in [0, 0.1) is 6.92 Å². The monoisotopic (exact) mass is 346 g/mol. The van der Waals surface area contributed by atoms with Crippen molar-refractivity contribution in [3.05, 3.63) is 40.5 Å². The summed E-state index contributed by atoms with van der Waals surface area (Å²) in [5.74, 6) is -0.409. The molecule has 1 aliphatic rings. The van der Waals surface area contributed by atoms with Gasteiger partial charge in [0.2, 0.25) is 0 Å². The normalized spacial score (nSPS) is 14.7. The minimum absolute atomic E-state index is 0.314. The van der Waals surface area contributed by atoms with Crippen LogP contribution in [0.4, 0.5) is 10.5 Å². The third-order valence-corrected chi connectivity index (χ3v) is 4.54. The third kappa shape index (κ3) is 3.48. The van der Waals surface area contributed by atoms with E-state index in [1.165, 1.54) is 12.7 Å². The molecule has 0 bridgehead atoms. The predicted molar refractivity (Wildman–Crippen MR) is 98.2 cm³/mol. The quantitative estimate of drug-likeness (QED) is 0.847. The van der Waals surface area contributed by atoms with E-state index in [9.17, 15) is 9.59 Å². The van der Waals surface area contributed by atoms with Crippen LogP contribution in [0.2, 0.25) is 0 Å². The highest BCUT2D eigenvalue weighted by Crippen LogP contribution is 2.25. The number of benzene rings is 1. The van der Waals surface area contributed by atoms with Crippen molar-refractivity contribution in [2.24, 2.45) is 0 Å². The van der Waals surface area contributed by atoms with Gasteiger partial charge < -0.3 is 10.1 Å². The molecule has 0 fully saturated rings. The Morgan fingerprint density at radius 1 is 1.38 bits per heavy atom. The van der Waals surface area contributed by atoms with Gasteiger partial charge >= 0.3 is 6.09 Å². The van der Waals surface area contributed by atoms with E-state index in [0.29, 0.717) is 23.5 Å². The Labute approximate surface area is 147 Å². The maximum Gasteiger partial charge on any atom is 0.416 e. The lowest BCUT2D eigenvalue weighted by molar-refractivity contribution is -0.125. The summed E-state index contributed by atoms with van der Waals surface area (Å²) in [5, 5.41) is 3.18. The molecule has 0 aliphatic carbocycles. The number of ether oxygens (including phenoxy) is 1. The number of nitrogens with zero attached hydrogens (tertiary/aromatic N) is 1. The van der Waals surface area contributed by atoms with Crippen molar-refractivity contribution in [2.75, 3.05) is 19.0 Å². The molecule has 24 heavy (non-hydrogen) atoms. The molecule has 1 aliphatic heterocycles. The Morgan fingerprint density at radius 3 is 2.71 bits per heavy atom. The number of hydrogen-bond donors (Lipinski definition) is 1. The van der Waals surface area contributed by atoms with Gasteiger partial charge in [-0.2, -0.15) is 0 Å². The summed E-state index contributed by atoms with van der Waals surface area (Å²) in [6, 6.07) is 5.94. The van der Waals surface area contributed by atoms with Crippen LogP contribution < -0.4 is 5.32 Å². The van der Waals surface area contributed by atoms with Crippen LogP contribution in [-0.4, -0.2) is 35.5 Å². The first-order valence-corrected chi connectivity index (χ1v) is 8.30. The number of imide groups is 1. The van der Waals surface area contributed by atoms with Crippen LogP contribution in [0.15, 0.2) is 29.3 Å². The summed E-state index contributed by atoms with van der Waals surface area (Å²) >= 11 is 5.47. The third-order valence-electron chi connectivity index (χ3n) is 4.23. The molecule has 0 radical (unpaired) electrons. The maximum absolute atomic E-state index is 12.6. The Morgan fingerprint density at radius 2 is 2.08 bits per heavy atom. The molecule has 5 nitrogen and oxygen atoms in total. The molecule has 1 N–H and O–H groups in total. The molecule has 2 rings (SSSR count). The number of nitrogens with one attached hydrogen (secondary N) is 1. The second-order valence-electron chi connectivity index (χ2n) is 5.74. The van der Waals surface area contributed by atoms with Crippen molar-refractivity contribution in [1.82, 2.24) is 4.90 Å². The van der Waals surface area contributed by atoms with Gasteiger partial charge in [0.05, 0.1) is 12.7 Å². The van der Waals surface area contributed by atoms with Gasteiger partial charge in [-0.1, -0.05) is 36.8 Å². The predicted octanol–water partition coefficient (Wildman–Crippen LogP) is 3.61. The number of thiocarbonyl (C=S) groups is 1. The van der Waals surface area contributed by atoms with Crippen LogP contribution in [0.3, 0.4) is 0 Å². The van der Waals surface area contributed by atoms with Gasteiger partial charge in [0, 0.05) is 12.2 Å². The molecule has 0 saturated heterocycles. The molecule has 0 atom stereocenters. The van der Waals surface area contributed by atoms with Crippen LogP contribution >= 0.6 is 12.2 Å². The molecule has 128 valence electrons. The molecule has 2 amide bonds. The van der Waals surface area contributed by atoms with Crippen molar-refractivity contribution >= 4 is 34.9 Å². The van der Waals surface area contributed by atoms with Crippen LogP contribution in [0.5, 0.6) is 0 Å². The maximum atomic E-state index is 12.6. The molecule has 1 heterocycles. The highest BCUT2D eigenvalue weighted by Gasteiger charge is 2.32. The van der Waals surface area contributed by atoms with Gasteiger partial charge in [-0.3, -0.25) is 4.79 Å². The van der Waals surface area contributed by atoms with Crippen molar-refractivity contribution in [3.8, 4) is 0 Å². The first-order valence-electron chi connectivity index (χ1n) is 7.90. The topological polar surface area (TPSA) is 58.6 Å². The average molecular weight is 346 g/mol. The highest BCUT2D eigenvalue weighted by atomic mass is 32.1. The minimum atomic E-state index is -0.655. The summed E-state index contributed by atoms with van der Waals surface area (Å²) in [6.45, 7) is 6.30. The fraction of sp³-hybridized carbons (Fsp3) is 0.389. The second-order valence-corrected chi connectivity index (χ2v) is 6.15. The van der Waals surface area contributed by atoms with Gasteiger partial charge in [-0.05, 0) is 43.9 Å². The Balaban J connectivity index is 2.30. The summed E-state index contributed by atoms with van der Waals surface area (Å²) in [5.41, 5.74) is 4.48. The summed E-state index contributed by atoms with van der Waals surface area (Å²) in [6.07, 6.45) is 0.794. The zero-order valence-corrected chi connectivity index (χ0v) is 15.3. The number of aryl methyl sites for hydroxylation is 1. The van der Waals surface area contributed by atoms with E-state index in [4.69, 9.17) is 12.2 Å². The van der Waals surface area contributed by atoms with Gasteiger partial charge in [0.1, 0.15) is 4.99 Å². The van der Waals surface area contributed by atoms with E-state index in [0.717, 1.165) is 28.1 Å². The molecule has 1 aromatic carbocycles. The molecule has 1 aromatic rings. The number of carbonyl (C=O) groups is 2. The lowest BCUT2D eigenvalue weighted by Gasteiger charge is -2.27. The van der Waals surface area contributed by atoms with Gasteiger partial charge in [-0.15, -0.1) is 0 Å². The first kappa shape index (κ1) is 18.1. The molecule has 0 spiro atoms. The lowest BCUT2D eigenvalue weighted by Crippen LogP contribution is -2.43. The van der Waals surface area contributed by atoms with E-state index in [1.807, 2.05) is 32.0 Å². The lowest BCUT2D eigenvalue weighted by atomic mass is 9.99. The average Bonchev–Trinajstić information content (AvgIpc) is 2.54. The fourth-order valence-corrected chi connectivity index (χ4v) is 3.24. The molecular formula is C18H22N2O3S. The van der Waals surface area contributed by atoms with Crippen LogP contribution in [-0.2, 0) is 16.0 Å². The van der Waals surface area contributed by atoms with Crippen molar-refractivity contribution < 1.29 is 14.3 Å². The summed E-state index contributed by atoms with van der Waals surface area (Å²) in [4.78, 5) is 25.8. The number of methoxy groups -OCH3 is 1.